The molecule has 18 heavy (non-hydrogen) atoms. The number of nitrogens with zero attached hydrogens (tertiary/aromatic N) is 3. The molecule has 0 aliphatic rings. The Kier molecular flexibility index (Phi) is 4.19. The van der Waals surface area contributed by atoms with Crippen molar-refractivity contribution in [1.29, 1.82) is 0 Å². The van der Waals surface area contributed by atoms with Crippen molar-refractivity contribution in [3.8, 4) is 0 Å². The summed E-state index contributed by atoms with van der Waals surface area (Å²) in [5, 5.41) is 0. The summed E-state index contributed by atoms with van der Waals surface area (Å²) in [5.41, 5.74) is 0.594. The normalized spacial score (nSPS) is 9.83. The van der Waals surface area contributed by atoms with Gasteiger partial charge in [0.15, 0.2) is 5.69 Å². The van der Waals surface area contributed by atoms with Gasteiger partial charge in [-0.25, -0.2) is 19.6 Å². The number of carbonyl (C=O) groups excluding carboxylic acids is 2. The first-order valence-electron chi connectivity index (χ1n) is 5.15. The minimum absolute atomic E-state index is 0.0524. The number of anilines is 1. The largest absolute Gasteiger partial charge is 0.464 e. The minimum Gasteiger partial charge on any atom is -0.464 e. The first-order chi connectivity index (χ1) is 8.42. The predicted octanol–water partition coefficient (Wildman–Crippen LogP) is 0.424. The Hall–Kier alpha value is -2.18. The maximum Gasteiger partial charge on any atom is 0.376 e. The number of rotatable bonds is 3. The second-order valence-electron chi connectivity index (χ2n) is 3.72. The number of hydrogen-bond acceptors (Lipinski definition) is 7. The van der Waals surface area contributed by atoms with E-state index in [1.54, 1.807) is 25.9 Å². The Bertz CT molecular complexity index is 485. The molecular weight excluding hydrogens is 238 g/mol. The molecule has 0 aromatic carbocycles. The third-order valence-corrected chi connectivity index (χ3v) is 2.29. The lowest BCUT2D eigenvalue weighted by atomic mass is 10.2. The van der Waals surface area contributed by atoms with E-state index < -0.39 is 11.9 Å². The molecule has 1 aromatic heterocycles. The van der Waals surface area contributed by atoms with Gasteiger partial charge in [0.1, 0.15) is 5.82 Å². The van der Waals surface area contributed by atoms with Crippen molar-refractivity contribution < 1.29 is 19.1 Å². The second kappa shape index (κ2) is 5.44. The van der Waals surface area contributed by atoms with Crippen LogP contribution in [0.25, 0.3) is 0 Å². The number of hydrogen-bond donors (Lipinski definition) is 0. The van der Waals surface area contributed by atoms with Gasteiger partial charge in [0, 0.05) is 19.7 Å². The third-order valence-electron chi connectivity index (χ3n) is 2.29. The molecule has 0 aliphatic carbocycles. The van der Waals surface area contributed by atoms with Crippen LogP contribution in [-0.4, -0.2) is 50.2 Å². The number of carbonyl (C=O) groups is 2. The van der Waals surface area contributed by atoms with Crippen LogP contribution in [0.15, 0.2) is 0 Å². The third kappa shape index (κ3) is 2.55. The van der Waals surface area contributed by atoms with E-state index in [-0.39, 0.29) is 11.5 Å². The molecule has 0 aliphatic heterocycles. The fraction of sp³-hybridized carbons (Fsp3) is 0.455. The first-order valence-corrected chi connectivity index (χ1v) is 5.15. The van der Waals surface area contributed by atoms with Crippen LogP contribution in [0.5, 0.6) is 0 Å². The highest BCUT2D eigenvalue weighted by atomic mass is 16.5. The van der Waals surface area contributed by atoms with E-state index in [1.807, 2.05) is 0 Å². The smallest absolute Gasteiger partial charge is 0.376 e. The maximum absolute atomic E-state index is 11.6. The topological polar surface area (TPSA) is 81.6 Å². The molecule has 7 heteroatoms. The van der Waals surface area contributed by atoms with Crippen molar-refractivity contribution in [2.45, 2.75) is 6.92 Å². The number of aromatic nitrogens is 2. The highest BCUT2D eigenvalue weighted by molar-refractivity contribution is 5.93. The molecule has 0 saturated heterocycles. The Balaban J connectivity index is 3.46. The van der Waals surface area contributed by atoms with Crippen LogP contribution in [0.3, 0.4) is 0 Å². The molecule has 0 N–H and O–H groups in total. The van der Waals surface area contributed by atoms with E-state index in [2.05, 4.69) is 19.4 Å². The highest BCUT2D eigenvalue weighted by Gasteiger charge is 2.22. The summed E-state index contributed by atoms with van der Waals surface area (Å²) in [4.78, 5) is 32.6. The van der Waals surface area contributed by atoms with Crippen molar-refractivity contribution in [3.63, 3.8) is 0 Å². The van der Waals surface area contributed by atoms with Crippen LogP contribution in [0.1, 0.15) is 26.7 Å². The van der Waals surface area contributed by atoms with Crippen LogP contribution >= 0.6 is 0 Å². The van der Waals surface area contributed by atoms with Gasteiger partial charge in [0.2, 0.25) is 5.82 Å². The van der Waals surface area contributed by atoms with Gasteiger partial charge in [-0.1, -0.05) is 0 Å². The van der Waals surface area contributed by atoms with Gasteiger partial charge in [-0.3, -0.25) is 0 Å². The Morgan fingerprint density at radius 2 is 1.61 bits per heavy atom. The first kappa shape index (κ1) is 13.9. The average molecular weight is 253 g/mol. The summed E-state index contributed by atoms with van der Waals surface area (Å²) < 4.78 is 9.17. The van der Waals surface area contributed by atoms with Gasteiger partial charge >= 0.3 is 11.9 Å². The minimum atomic E-state index is -0.705. The molecule has 1 rings (SSSR count). The van der Waals surface area contributed by atoms with Crippen LogP contribution in [0.2, 0.25) is 0 Å². The highest BCUT2D eigenvalue weighted by Crippen LogP contribution is 2.19. The lowest BCUT2D eigenvalue weighted by molar-refractivity contribution is 0.0579. The quantitative estimate of drug-likeness (QED) is 0.722. The summed E-state index contributed by atoms with van der Waals surface area (Å²) in [6.07, 6.45) is 0. The molecule has 0 amide bonds. The SMILES string of the molecule is COC(=O)c1nc(C(=O)OC)c(C)c(N(C)C)n1. The van der Waals surface area contributed by atoms with Gasteiger partial charge in [-0.15, -0.1) is 0 Å². The molecule has 98 valence electrons. The Morgan fingerprint density at radius 3 is 2.06 bits per heavy atom. The van der Waals surface area contributed by atoms with E-state index >= 15 is 0 Å². The fourth-order valence-electron chi connectivity index (χ4n) is 1.42. The van der Waals surface area contributed by atoms with Crippen molar-refractivity contribution in [2.75, 3.05) is 33.2 Å². The molecule has 0 spiro atoms. The lowest BCUT2D eigenvalue weighted by Crippen LogP contribution is -2.21. The monoisotopic (exact) mass is 253 g/mol. The van der Waals surface area contributed by atoms with Gasteiger partial charge in [-0.2, -0.15) is 0 Å². The van der Waals surface area contributed by atoms with E-state index in [4.69, 9.17) is 0 Å². The zero-order valence-corrected chi connectivity index (χ0v) is 11.0. The molecule has 0 fully saturated rings. The lowest BCUT2D eigenvalue weighted by Gasteiger charge is -2.16. The second-order valence-corrected chi connectivity index (χ2v) is 3.72. The van der Waals surface area contributed by atoms with Gasteiger partial charge < -0.3 is 14.4 Å². The van der Waals surface area contributed by atoms with E-state index in [0.717, 1.165) is 0 Å². The Morgan fingerprint density at radius 1 is 1.06 bits per heavy atom. The molecular formula is C11H15N3O4. The molecule has 0 bridgehead atoms. The summed E-state index contributed by atoms with van der Waals surface area (Å²) in [7, 11) is 5.96. The van der Waals surface area contributed by atoms with E-state index in [0.29, 0.717) is 11.4 Å². The van der Waals surface area contributed by atoms with Crippen molar-refractivity contribution >= 4 is 17.8 Å². The van der Waals surface area contributed by atoms with Gasteiger partial charge in [0.05, 0.1) is 14.2 Å². The van der Waals surface area contributed by atoms with Crippen molar-refractivity contribution in [2.24, 2.45) is 0 Å². The molecule has 1 aromatic rings. The molecule has 0 unspecified atom stereocenters. The number of ether oxygens (including phenoxy) is 2. The van der Waals surface area contributed by atoms with Crippen LogP contribution in [0.4, 0.5) is 5.82 Å². The van der Waals surface area contributed by atoms with Crippen molar-refractivity contribution in [1.82, 2.24) is 9.97 Å². The zero-order chi connectivity index (χ0) is 13.9. The Labute approximate surface area is 105 Å². The zero-order valence-electron chi connectivity index (χ0n) is 11.0. The van der Waals surface area contributed by atoms with Crippen molar-refractivity contribution in [3.05, 3.63) is 17.1 Å². The molecule has 0 saturated carbocycles. The predicted molar refractivity (Wildman–Crippen MR) is 63.8 cm³/mol. The fourth-order valence-corrected chi connectivity index (χ4v) is 1.42. The molecule has 0 atom stereocenters. The number of methoxy groups -OCH3 is 2. The van der Waals surface area contributed by atoms with Gasteiger partial charge in [-0.05, 0) is 6.92 Å². The molecule has 1 heterocycles. The molecule has 0 radical (unpaired) electrons. The summed E-state index contributed by atoms with van der Waals surface area (Å²) in [5.74, 6) is -1.04. The summed E-state index contributed by atoms with van der Waals surface area (Å²) >= 11 is 0. The summed E-state index contributed by atoms with van der Waals surface area (Å²) in [6.45, 7) is 1.68. The van der Waals surface area contributed by atoms with Gasteiger partial charge in [0.25, 0.3) is 0 Å². The van der Waals surface area contributed by atoms with E-state index in [9.17, 15) is 9.59 Å². The van der Waals surface area contributed by atoms with Crippen LogP contribution < -0.4 is 4.90 Å². The maximum atomic E-state index is 11.6. The van der Waals surface area contributed by atoms with E-state index in [1.165, 1.54) is 14.2 Å². The number of esters is 2. The van der Waals surface area contributed by atoms with Crippen LogP contribution in [-0.2, 0) is 9.47 Å². The van der Waals surface area contributed by atoms with Crippen LogP contribution in [0, 0.1) is 6.92 Å². The average Bonchev–Trinajstić information content (AvgIpc) is 2.36. The summed E-state index contributed by atoms with van der Waals surface area (Å²) in [6, 6.07) is 0. The molecule has 7 nitrogen and oxygen atoms in total. The standard InChI is InChI=1S/C11H15N3O4/c1-6-7(10(15)17-4)12-8(11(16)18-5)13-9(6)14(2)3/h1-5H3.